The average Bonchev–Trinajstić information content (AvgIpc) is 2.48. The molecule has 21 heavy (non-hydrogen) atoms. The minimum absolute atomic E-state index is 0.0601. The van der Waals surface area contributed by atoms with Crippen LogP contribution < -0.4 is 10.1 Å². The van der Waals surface area contributed by atoms with Gasteiger partial charge in [0.1, 0.15) is 11.5 Å². The van der Waals surface area contributed by atoms with Crippen LogP contribution in [0.15, 0.2) is 42.5 Å². The summed E-state index contributed by atoms with van der Waals surface area (Å²) in [4.78, 5) is 11.3. The standard InChI is InChI=1S/C17H17NO3/c1-11(19)12-2-5-14(6-3-12)21-15-7-8-16-13(10-15)4-9-17(20)18-16/h2-3,5-8,10-11,19H,4,9H2,1H3,(H,18,20)/t11-/m1/s1. The summed E-state index contributed by atoms with van der Waals surface area (Å²) in [6.07, 6.45) is 0.769. The second-order valence-electron chi connectivity index (χ2n) is 5.21. The average molecular weight is 283 g/mol. The normalized spacial score (nSPS) is 15.0. The Kier molecular flexibility index (Phi) is 3.62. The fourth-order valence-corrected chi connectivity index (χ4v) is 2.37. The number of anilines is 1. The van der Waals surface area contributed by atoms with Crippen LogP contribution in [0.4, 0.5) is 5.69 Å². The van der Waals surface area contributed by atoms with E-state index in [0.717, 1.165) is 34.7 Å². The Bertz CT molecular complexity index is 662. The Labute approximate surface area is 123 Å². The van der Waals surface area contributed by atoms with Gasteiger partial charge in [-0.05, 0) is 54.8 Å². The highest BCUT2D eigenvalue weighted by molar-refractivity contribution is 5.94. The van der Waals surface area contributed by atoms with Crippen LogP contribution in [0.1, 0.15) is 30.6 Å². The van der Waals surface area contributed by atoms with E-state index in [1.165, 1.54) is 0 Å². The molecule has 2 aromatic carbocycles. The number of hydrogen-bond acceptors (Lipinski definition) is 3. The Hall–Kier alpha value is -2.33. The molecule has 0 fully saturated rings. The molecule has 0 radical (unpaired) electrons. The van der Waals surface area contributed by atoms with Crippen molar-refractivity contribution in [3.63, 3.8) is 0 Å². The lowest BCUT2D eigenvalue weighted by molar-refractivity contribution is -0.116. The number of nitrogens with one attached hydrogen (secondary N) is 1. The summed E-state index contributed by atoms with van der Waals surface area (Å²) in [6.45, 7) is 1.73. The van der Waals surface area contributed by atoms with Crippen molar-refractivity contribution in [3.05, 3.63) is 53.6 Å². The molecule has 0 bridgehead atoms. The maximum atomic E-state index is 11.3. The molecule has 2 N–H and O–H groups in total. The Morgan fingerprint density at radius 2 is 1.81 bits per heavy atom. The molecule has 1 aliphatic rings. The quantitative estimate of drug-likeness (QED) is 0.907. The summed E-state index contributed by atoms with van der Waals surface area (Å²) in [5.41, 5.74) is 2.81. The maximum absolute atomic E-state index is 11.3. The van der Waals surface area contributed by atoms with Crippen molar-refractivity contribution in [2.24, 2.45) is 0 Å². The molecule has 1 heterocycles. The van der Waals surface area contributed by atoms with Crippen molar-refractivity contribution in [1.29, 1.82) is 0 Å². The Morgan fingerprint density at radius 3 is 2.52 bits per heavy atom. The molecule has 1 aliphatic heterocycles. The first-order valence-corrected chi connectivity index (χ1v) is 7.00. The van der Waals surface area contributed by atoms with E-state index in [4.69, 9.17) is 4.74 Å². The highest BCUT2D eigenvalue weighted by atomic mass is 16.5. The van der Waals surface area contributed by atoms with E-state index in [1.807, 2.05) is 42.5 Å². The van der Waals surface area contributed by atoms with Crippen molar-refractivity contribution < 1.29 is 14.6 Å². The van der Waals surface area contributed by atoms with Gasteiger partial charge in [0.15, 0.2) is 0 Å². The fourth-order valence-electron chi connectivity index (χ4n) is 2.37. The van der Waals surface area contributed by atoms with Crippen LogP contribution in [0, 0.1) is 0 Å². The van der Waals surface area contributed by atoms with Crippen LogP contribution in [0.2, 0.25) is 0 Å². The molecule has 0 saturated carbocycles. The lowest BCUT2D eigenvalue weighted by atomic mass is 10.0. The van der Waals surface area contributed by atoms with Gasteiger partial charge < -0.3 is 15.2 Å². The topological polar surface area (TPSA) is 58.6 Å². The number of carbonyl (C=O) groups is 1. The predicted octanol–water partition coefficient (Wildman–Crippen LogP) is 3.42. The van der Waals surface area contributed by atoms with E-state index in [1.54, 1.807) is 6.92 Å². The first-order valence-electron chi connectivity index (χ1n) is 7.00. The molecule has 2 aromatic rings. The number of aliphatic hydroxyl groups is 1. The minimum atomic E-state index is -0.480. The summed E-state index contributed by atoms with van der Waals surface area (Å²) < 4.78 is 5.81. The number of aliphatic hydroxyl groups excluding tert-OH is 1. The lowest BCUT2D eigenvalue weighted by Crippen LogP contribution is -2.18. The van der Waals surface area contributed by atoms with Gasteiger partial charge in [-0.1, -0.05) is 12.1 Å². The minimum Gasteiger partial charge on any atom is -0.457 e. The van der Waals surface area contributed by atoms with Crippen LogP contribution in [0.3, 0.4) is 0 Å². The van der Waals surface area contributed by atoms with Gasteiger partial charge >= 0.3 is 0 Å². The Morgan fingerprint density at radius 1 is 1.10 bits per heavy atom. The molecule has 0 spiro atoms. The molecule has 108 valence electrons. The molecule has 3 rings (SSSR count). The zero-order valence-electron chi connectivity index (χ0n) is 11.8. The van der Waals surface area contributed by atoms with Crippen LogP contribution in [0.5, 0.6) is 11.5 Å². The maximum Gasteiger partial charge on any atom is 0.224 e. The van der Waals surface area contributed by atoms with E-state index in [-0.39, 0.29) is 5.91 Å². The molecule has 0 aliphatic carbocycles. The van der Waals surface area contributed by atoms with Crippen molar-refractivity contribution in [1.82, 2.24) is 0 Å². The number of ether oxygens (including phenoxy) is 1. The fraction of sp³-hybridized carbons (Fsp3) is 0.235. The molecule has 1 amide bonds. The van der Waals surface area contributed by atoms with Gasteiger partial charge in [0, 0.05) is 12.1 Å². The number of fused-ring (bicyclic) bond motifs is 1. The summed E-state index contributed by atoms with van der Waals surface area (Å²) >= 11 is 0. The molecule has 0 saturated heterocycles. The zero-order chi connectivity index (χ0) is 14.8. The molecular weight excluding hydrogens is 266 g/mol. The van der Waals surface area contributed by atoms with Gasteiger partial charge in [0.2, 0.25) is 5.91 Å². The van der Waals surface area contributed by atoms with Gasteiger partial charge in [0.25, 0.3) is 0 Å². The van der Waals surface area contributed by atoms with Crippen LogP contribution in [-0.4, -0.2) is 11.0 Å². The Balaban J connectivity index is 1.77. The van der Waals surface area contributed by atoms with Crippen molar-refractivity contribution in [2.45, 2.75) is 25.9 Å². The van der Waals surface area contributed by atoms with E-state index in [9.17, 15) is 9.90 Å². The highest BCUT2D eigenvalue weighted by Gasteiger charge is 2.15. The van der Waals surface area contributed by atoms with Gasteiger partial charge in [-0.25, -0.2) is 0 Å². The van der Waals surface area contributed by atoms with Crippen molar-refractivity contribution >= 4 is 11.6 Å². The summed E-state index contributed by atoms with van der Waals surface area (Å²) in [5.74, 6) is 1.53. The smallest absolute Gasteiger partial charge is 0.224 e. The van der Waals surface area contributed by atoms with E-state index >= 15 is 0 Å². The number of amides is 1. The number of carbonyl (C=O) groups excluding carboxylic acids is 1. The number of benzene rings is 2. The van der Waals surface area contributed by atoms with E-state index in [2.05, 4.69) is 5.32 Å². The monoisotopic (exact) mass is 283 g/mol. The van der Waals surface area contributed by atoms with Gasteiger partial charge in [-0.3, -0.25) is 4.79 Å². The molecule has 0 unspecified atom stereocenters. The van der Waals surface area contributed by atoms with E-state index in [0.29, 0.717) is 6.42 Å². The summed E-state index contributed by atoms with van der Waals surface area (Å²) in [6, 6.07) is 13.0. The third-order valence-corrected chi connectivity index (χ3v) is 3.57. The second kappa shape index (κ2) is 5.58. The predicted molar refractivity (Wildman–Crippen MR) is 80.5 cm³/mol. The van der Waals surface area contributed by atoms with Crippen LogP contribution in [-0.2, 0) is 11.2 Å². The largest absolute Gasteiger partial charge is 0.457 e. The first kappa shape index (κ1) is 13.6. The number of rotatable bonds is 3. The van der Waals surface area contributed by atoms with Crippen LogP contribution in [0.25, 0.3) is 0 Å². The first-order chi connectivity index (χ1) is 10.1. The van der Waals surface area contributed by atoms with Crippen molar-refractivity contribution in [2.75, 3.05) is 5.32 Å². The number of hydrogen-bond donors (Lipinski definition) is 2. The SMILES string of the molecule is C[C@@H](O)c1ccc(Oc2ccc3c(c2)CCC(=O)N3)cc1. The lowest BCUT2D eigenvalue weighted by Gasteiger charge is -2.17. The molecular formula is C17H17NO3. The highest BCUT2D eigenvalue weighted by Crippen LogP contribution is 2.30. The van der Waals surface area contributed by atoms with Gasteiger partial charge in [-0.2, -0.15) is 0 Å². The van der Waals surface area contributed by atoms with Gasteiger partial charge in [0.05, 0.1) is 6.10 Å². The molecule has 1 atom stereocenters. The molecule has 0 aromatic heterocycles. The zero-order valence-corrected chi connectivity index (χ0v) is 11.8. The number of aryl methyl sites for hydroxylation is 1. The van der Waals surface area contributed by atoms with E-state index < -0.39 is 6.10 Å². The summed E-state index contributed by atoms with van der Waals surface area (Å²) in [5, 5.41) is 12.3. The third kappa shape index (κ3) is 3.06. The van der Waals surface area contributed by atoms with Gasteiger partial charge in [-0.15, -0.1) is 0 Å². The van der Waals surface area contributed by atoms with Crippen molar-refractivity contribution in [3.8, 4) is 11.5 Å². The second-order valence-corrected chi connectivity index (χ2v) is 5.21. The van der Waals surface area contributed by atoms with Crippen LogP contribution >= 0.6 is 0 Å². The summed E-state index contributed by atoms with van der Waals surface area (Å²) in [7, 11) is 0. The molecule has 4 heteroatoms. The molecule has 4 nitrogen and oxygen atoms in total. The third-order valence-electron chi connectivity index (χ3n) is 3.57.